The summed E-state index contributed by atoms with van der Waals surface area (Å²) in [5.41, 5.74) is 0. The second kappa shape index (κ2) is 5.71. The maximum absolute atomic E-state index is 4.10. The van der Waals surface area contributed by atoms with Crippen molar-refractivity contribution in [2.75, 3.05) is 19.0 Å². The van der Waals surface area contributed by atoms with E-state index in [1.165, 1.54) is 0 Å². The summed E-state index contributed by atoms with van der Waals surface area (Å²) in [6.07, 6.45) is 1.79. The molecule has 0 atom stereocenters. The number of pyridine rings is 1. The zero-order valence-corrected chi connectivity index (χ0v) is 7.70. The van der Waals surface area contributed by atoms with E-state index in [0.717, 1.165) is 5.82 Å². The van der Waals surface area contributed by atoms with E-state index in [2.05, 4.69) is 4.98 Å². The first-order valence-corrected chi connectivity index (χ1v) is 3.89. The van der Waals surface area contributed by atoms with E-state index >= 15 is 0 Å². The third-order valence-electron chi connectivity index (χ3n) is 1.11. The zero-order valence-electron chi connectivity index (χ0n) is 7.70. The van der Waals surface area contributed by atoms with Gasteiger partial charge in [0.05, 0.1) is 0 Å². The molecule has 0 radical (unpaired) electrons. The molecule has 1 rings (SSSR count). The highest BCUT2D eigenvalue weighted by molar-refractivity contribution is 5.34. The minimum atomic E-state index is 0.998. The van der Waals surface area contributed by atoms with Gasteiger partial charge >= 0.3 is 0 Å². The van der Waals surface area contributed by atoms with Gasteiger partial charge in [-0.25, -0.2) is 4.98 Å². The third-order valence-corrected chi connectivity index (χ3v) is 1.11. The van der Waals surface area contributed by atoms with Gasteiger partial charge in [0, 0.05) is 20.3 Å². The molecule has 0 unspecified atom stereocenters. The molecule has 0 aliphatic heterocycles. The Morgan fingerprint density at radius 1 is 1.18 bits per heavy atom. The van der Waals surface area contributed by atoms with Gasteiger partial charge in [-0.15, -0.1) is 0 Å². The van der Waals surface area contributed by atoms with Crippen molar-refractivity contribution in [3.8, 4) is 0 Å². The number of hydrogen-bond donors (Lipinski definition) is 0. The molecular weight excluding hydrogens is 136 g/mol. The van der Waals surface area contributed by atoms with E-state index in [0.29, 0.717) is 0 Å². The van der Waals surface area contributed by atoms with Gasteiger partial charge in [-0.2, -0.15) is 0 Å². The summed E-state index contributed by atoms with van der Waals surface area (Å²) in [5, 5.41) is 0. The smallest absolute Gasteiger partial charge is 0.127 e. The normalized spacial score (nSPS) is 8.00. The van der Waals surface area contributed by atoms with Crippen molar-refractivity contribution in [1.29, 1.82) is 0 Å². The lowest BCUT2D eigenvalue weighted by Crippen LogP contribution is -2.09. The van der Waals surface area contributed by atoms with Gasteiger partial charge in [-0.05, 0) is 12.1 Å². The van der Waals surface area contributed by atoms with E-state index in [4.69, 9.17) is 0 Å². The van der Waals surface area contributed by atoms with E-state index in [-0.39, 0.29) is 0 Å². The summed E-state index contributed by atoms with van der Waals surface area (Å²) in [7, 11) is 3.95. The average Bonchev–Trinajstić information content (AvgIpc) is 2.10. The highest BCUT2D eigenvalue weighted by atomic mass is 15.1. The second-order valence-corrected chi connectivity index (χ2v) is 2.08. The maximum Gasteiger partial charge on any atom is 0.127 e. The van der Waals surface area contributed by atoms with Crippen LogP contribution in [0.15, 0.2) is 24.4 Å². The fourth-order valence-electron chi connectivity index (χ4n) is 0.618. The predicted octanol–water partition coefficient (Wildman–Crippen LogP) is 2.17. The molecule has 0 aromatic carbocycles. The van der Waals surface area contributed by atoms with Crippen molar-refractivity contribution >= 4 is 5.82 Å². The number of rotatable bonds is 1. The summed E-state index contributed by atoms with van der Waals surface area (Å²) in [5.74, 6) is 0.998. The van der Waals surface area contributed by atoms with Crippen molar-refractivity contribution in [2.45, 2.75) is 13.8 Å². The van der Waals surface area contributed by atoms with Crippen molar-refractivity contribution in [1.82, 2.24) is 4.98 Å². The van der Waals surface area contributed by atoms with Crippen molar-refractivity contribution in [3.05, 3.63) is 24.4 Å². The fourth-order valence-corrected chi connectivity index (χ4v) is 0.618. The Morgan fingerprint density at radius 3 is 2.09 bits per heavy atom. The number of hydrogen-bond acceptors (Lipinski definition) is 2. The van der Waals surface area contributed by atoms with Crippen LogP contribution in [0, 0.1) is 0 Å². The van der Waals surface area contributed by atoms with Gasteiger partial charge in [0.1, 0.15) is 5.82 Å². The van der Waals surface area contributed by atoms with Gasteiger partial charge in [-0.3, -0.25) is 0 Å². The maximum atomic E-state index is 4.10. The minimum absolute atomic E-state index is 0.998. The highest BCUT2D eigenvalue weighted by Crippen LogP contribution is 2.02. The number of anilines is 1. The van der Waals surface area contributed by atoms with E-state index in [1.807, 2.05) is 51.0 Å². The topological polar surface area (TPSA) is 16.1 Å². The standard InChI is InChI=1S/C7H10N2.C2H6/c1-9(2)7-5-3-4-6-8-7;1-2/h3-6H,1-2H3;1-2H3. The lowest BCUT2D eigenvalue weighted by molar-refractivity contribution is 1.07. The van der Waals surface area contributed by atoms with E-state index in [1.54, 1.807) is 6.20 Å². The van der Waals surface area contributed by atoms with Crippen LogP contribution in [-0.4, -0.2) is 19.1 Å². The van der Waals surface area contributed by atoms with E-state index in [9.17, 15) is 0 Å². The molecule has 1 aromatic heterocycles. The Balaban J connectivity index is 0.000000461. The monoisotopic (exact) mass is 152 g/mol. The zero-order chi connectivity index (χ0) is 8.69. The molecule has 1 aromatic rings. The van der Waals surface area contributed by atoms with Crippen LogP contribution in [0.3, 0.4) is 0 Å². The van der Waals surface area contributed by atoms with Crippen LogP contribution in [-0.2, 0) is 0 Å². The van der Waals surface area contributed by atoms with Crippen molar-refractivity contribution in [3.63, 3.8) is 0 Å². The van der Waals surface area contributed by atoms with Crippen molar-refractivity contribution < 1.29 is 0 Å². The first kappa shape index (κ1) is 9.95. The first-order valence-electron chi connectivity index (χ1n) is 3.89. The lowest BCUT2D eigenvalue weighted by Gasteiger charge is -2.08. The Labute approximate surface area is 68.9 Å². The SMILES string of the molecule is CC.CN(C)c1ccccn1. The Hall–Kier alpha value is -1.05. The van der Waals surface area contributed by atoms with Gasteiger partial charge in [0.2, 0.25) is 0 Å². The Kier molecular flexibility index (Phi) is 5.17. The first-order chi connectivity index (χ1) is 5.30. The van der Waals surface area contributed by atoms with Gasteiger partial charge < -0.3 is 4.90 Å². The molecule has 0 N–H and O–H groups in total. The number of aromatic nitrogens is 1. The highest BCUT2D eigenvalue weighted by Gasteiger charge is 1.89. The summed E-state index contributed by atoms with van der Waals surface area (Å²) in [6, 6.07) is 5.86. The molecule has 0 bridgehead atoms. The fraction of sp³-hybridized carbons (Fsp3) is 0.444. The molecule has 0 saturated carbocycles. The molecule has 0 fully saturated rings. The molecular formula is C9H16N2. The molecule has 2 heteroatoms. The largest absolute Gasteiger partial charge is 0.363 e. The number of nitrogens with zero attached hydrogens (tertiary/aromatic N) is 2. The molecule has 0 spiro atoms. The van der Waals surface area contributed by atoms with Gasteiger partial charge in [-0.1, -0.05) is 19.9 Å². The molecule has 11 heavy (non-hydrogen) atoms. The van der Waals surface area contributed by atoms with Gasteiger partial charge in [0.25, 0.3) is 0 Å². The van der Waals surface area contributed by atoms with Crippen LogP contribution in [0.1, 0.15) is 13.8 Å². The molecule has 0 amide bonds. The quantitative estimate of drug-likeness (QED) is 0.613. The molecule has 1 heterocycles. The van der Waals surface area contributed by atoms with Crippen LogP contribution in [0.5, 0.6) is 0 Å². The molecule has 0 saturated heterocycles. The summed E-state index contributed by atoms with van der Waals surface area (Å²) < 4.78 is 0. The van der Waals surface area contributed by atoms with Crippen LogP contribution < -0.4 is 4.90 Å². The van der Waals surface area contributed by atoms with Crippen molar-refractivity contribution in [2.24, 2.45) is 0 Å². The molecule has 0 aliphatic rings. The lowest BCUT2D eigenvalue weighted by atomic mass is 10.4. The second-order valence-electron chi connectivity index (χ2n) is 2.08. The van der Waals surface area contributed by atoms with E-state index < -0.39 is 0 Å². The summed E-state index contributed by atoms with van der Waals surface area (Å²) in [4.78, 5) is 6.08. The Morgan fingerprint density at radius 2 is 1.82 bits per heavy atom. The minimum Gasteiger partial charge on any atom is -0.363 e. The summed E-state index contributed by atoms with van der Waals surface area (Å²) >= 11 is 0. The Bertz CT molecular complexity index is 170. The van der Waals surface area contributed by atoms with Crippen LogP contribution in [0.2, 0.25) is 0 Å². The third kappa shape index (κ3) is 3.61. The summed E-state index contributed by atoms with van der Waals surface area (Å²) in [6.45, 7) is 4.00. The van der Waals surface area contributed by atoms with Crippen LogP contribution in [0.25, 0.3) is 0 Å². The molecule has 0 aliphatic carbocycles. The molecule has 2 nitrogen and oxygen atoms in total. The van der Waals surface area contributed by atoms with Crippen LogP contribution in [0.4, 0.5) is 5.82 Å². The van der Waals surface area contributed by atoms with Crippen LogP contribution >= 0.6 is 0 Å². The predicted molar refractivity (Wildman–Crippen MR) is 49.9 cm³/mol. The average molecular weight is 152 g/mol. The van der Waals surface area contributed by atoms with Gasteiger partial charge in [0.15, 0.2) is 0 Å². The molecule has 62 valence electrons.